The predicted octanol–water partition coefficient (Wildman–Crippen LogP) is 3.09. The van der Waals surface area contributed by atoms with Gasteiger partial charge in [0.2, 0.25) is 10.0 Å². The highest BCUT2D eigenvalue weighted by molar-refractivity contribution is 7.89. The van der Waals surface area contributed by atoms with E-state index in [-0.39, 0.29) is 22.1 Å². The van der Waals surface area contributed by atoms with E-state index < -0.39 is 16.0 Å². The van der Waals surface area contributed by atoms with Gasteiger partial charge in [-0.15, -0.1) is 0 Å². The molecule has 2 aromatic rings. The second-order valence-electron chi connectivity index (χ2n) is 6.14. The number of carbonyl (C=O) groups is 1. The van der Waals surface area contributed by atoms with Crippen molar-refractivity contribution in [1.82, 2.24) is 9.46 Å². The molecule has 1 saturated heterocycles. The number of rotatable bonds is 5. The Balaban J connectivity index is 1.81. The lowest BCUT2D eigenvalue weighted by Crippen LogP contribution is -2.28. The van der Waals surface area contributed by atoms with Crippen LogP contribution in [0.2, 0.25) is 5.02 Å². The van der Waals surface area contributed by atoms with Crippen LogP contribution < -0.4 is 0 Å². The van der Waals surface area contributed by atoms with Crippen molar-refractivity contribution in [2.75, 3.05) is 13.1 Å². The minimum atomic E-state index is -3.73. The van der Waals surface area contributed by atoms with Gasteiger partial charge in [0, 0.05) is 13.1 Å². The van der Waals surface area contributed by atoms with E-state index in [4.69, 9.17) is 20.9 Å². The van der Waals surface area contributed by atoms with E-state index in [1.165, 1.54) is 22.5 Å². The van der Waals surface area contributed by atoms with Crippen molar-refractivity contribution < 1.29 is 22.5 Å². The summed E-state index contributed by atoms with van der Waals surface area (Å²) in [7, 11) is -3.73. The first-order valence-electron chi connectivity index (χ1n) is 8.19. The summed E-state index contributed by atoms with van der Waals surface area (Å²) in [6.45, 7) is 4.39. The molecule has 9 heteroatoms. The molecule has 140 valence electrons. The number of halogens is 1. The summed E-state index contributed by atoms with van der Waals surface area (Å²) in [6.07, 6.45) is 1.63. The molecule has 2 heterocycles. The van der Waals surface area contributed by atoms with E-state index >= 15 is 0 Å². The van der Waals surface area contributed by atoms with Gasteiger partial charge in [-0.2, -0.15) is 4.31 Å². The Morgan fingerprint density at radius 1 is 1.31 bits per heavy atom. The van der Waals surface area contributed by atoms with Crippen LogP contribution in [-0.2, 0) is 21.4 Å². The SMILES string of the molecule is Cc1noc(C)c1COC(=O)c1ccc(Cl)c(S(=O)(=O)N2CCCC2)c1. The van der Waals surface area contributed by atoms with E-state index in [9.17, 15) is 13.2 Å². The molecule has 0 bridgehead atoms. The van der Waals surface area contributed by atoms with Crippen molar-refractivity contribution in [3.63, 3.8) is 0 Å². The molecule has 7 nitrogen and oxygen atoms in total. The molecule has 0 unspecified atom stereocenters. The average molecular weight is 399 g/mol. The summed E-state index contributed by atoms with van der Waals surface area (Å²) in [5.41, 5.74) is 1.46. The standard InChI is InChI=1S/C17H19ClN2O5S/c1-11-14(12(2)25-19-11)10-24-17(21)13-5-6-15(18)16(9-13)26(22,23)20-7-3-4-8-20/h5-6,9H,3-4,7-8,10H2,1-2H3. The highest BCUT2D eigenvalue weighted by atomic mass is 35.5. The number of hydrogen-bond donors (Lipinski definition) is 0. The van der Waals surface area contributed by atoms with Crippen LogP contribution in [-0.4, -0.2) is 36.9 Å². The maximum Gasteiger partial charge on any atom is 0.338 e. The van der Waals surface area contributed by atoms with Gasteiger partial charge >= 0.3 is 5.97 Å². The van der Waals surface area contributed by atoms with E-state index in [1.54, 1.807) is 13.8 Å². The van der Waals surface area contributed by atoms with E-state index in [0.29, 0.717) is 30.1 Å². The van der Waals surface area contributed by atoms with E-state index in [2.05, 4.69) is 5.16 Å². The normalized spacial score (nSPS) is 15.3. The van der Waals surface area contributed by atoms with Gasteiger partial charge in [0.25, 0.3) is 0 Å². The zero-order chi connectivity index (χ0) is 18.9. The summed E-state index contributed by atoms with van der Waals surface area (Å²) >= 11 is 6.09. The molecule has 1 fully saturated rings. The third-order valence-electron chi connectivity index (χ3n) is 4.38. The number of esters is 1. The molecule has 0 amide bonds. The Hall–Kier alpha value is -1.90. The molecule has 0 saturated carbocycles. The minimum Gasteiger partial charge on any atom is -0.457 e. The molecule has 0 aliphatic carbocycles. The zero-order valence-electron chi connectivity index (χ0n) is 14.5. The summed E-state index contributed by atoms with van der Waals surface area (Å²) in [4.78, 5) is 12.3. The molecule has 0 atom stereocenters. The highest BCUT2D eigenvalue weighted by Crippen LogP contribution is 2.28. The molecule has 3 rings (SSSR count). The van der Waals surface area contributed by atoms with Crippen molar-refractivity contribution in [2.24, 2.45) is 0 Å². The Bertz CT molecular complexity index is 913. The lowest BCUT2D eigenvalue weighted by Gasteiger charge is -2.17. The van der Waals surface area contributed by atoms with Gasteiger partial charge in [0.1, 0.15) is 17.3 Å². The van der Waals surface area contributed by atoms with Crippen LogP contribution in [0.1, 0.15) is 40.2 Å². The monoisotopic (exact) mass is 398 g/mol. The lowest BCUT2D eigenvalue weighted by atomic mass is 10.2. The molecule has 0 N–H and O–H groups in total. The van der Waals surface area contributed by atoms with Crippen molar-refractivity contribution in [2.45, 2.75) is 38.2 Å². The molecule has 0 radical (unpaired) electrons. The molecule has 1 aromatic heterocycles. The minimum absolute atomic E-state index is 0.00314. The summed E-state index contributed by atoms with van der Waals surface area (Å²) in [6, 6.07) is 4.11. The molecule has 1 aliphatic heterocycles. The van der Waals surface area contributed by atoms with Crippen LogP contribution in [0.3, 0.4) is 0 Å². The van der Waals surface area contributed by atoms with Gasteiger partial charge in [-0.25, -0.2) is 13.2 Å². The maximum absolute atomic E-state index is 12.7. The summed E-state index contributed by atoms with van der Waals surface area (Å²) in [5.74, 6) is -0.0664. The van der Waals surface area contributed by atoms with Crippen LogP contribution in [0.4, 0.5) is 0 Å². The van der Waals surface area contributed by atoms with Gasteiger partial charge in [-0.3, -0.25) is 0 Å². The Morgan fingerprint density at radius 2 is 2.00 bits per heavy atom. The average Bonchev–Trinajstić information content (AvgIpc) is 3.24. The number of nitrogens with zero attached hydrogens (tertiary/aromatic N) is 2. The first-order chi connectivity index (χ1) is 12.3. The second-order valence-corrected chi connectivity index (χ2v) is 8.45. The number of sulfonamides is 1. The Morgan fingerprint density at radius 3 is 2.62 bits per heavy atom. The molecular weight excluding hydrogens is 380 g/mol. The maximum atomic E-state index is 12.7. The fourth-order valence-electron chi connectivity index (χ4n) is 2.82. The number of ether oxygens (including phenoxy) is 1. The third kappa shape index (κ3) is 3.62. The van der Waals surface area contributed by atoms with Crippen molar-refractivity contribution in [1.29, 1.82) is 0 Å². The number of carbonyl (C=O) groups excluding carboxylic acids is 1. The number of aryl methyl sites for hydroxylation is 2. The van der Waals surface area contributed by atoms with Gasteiger partial charge in [0.15, 0.2) is 0 Å². The smallest absolute Gasteiger partial charge is 0.338 e. The van der Waals surface area contributed by atoms with Crippen LogP contribution in [0.25, 0.3) is 0 Å². The van der Waals surface area contributed by atoms with Crippen LogP contribution in [0, 0.1) is 13.8 Å². The quantitative estimate of drug-likeness (QED) is 0.719. The lowest BCUT2D eigenvalue weighted by molar-refractivity contribution is 0.0470. The van der Waals surface area contributed by atoms with Gasteiger partial charge < -0.3 is 9.26 Å². The van der Waals surface area contributed by atoms with E-state index in [1.807, 2.05) is 0 Å². The van der Waals surface area contributed by atoms with Gasteiger partial charge in [0.05, 0.1) is 21.8 Å². The molecule has 0 spiro atoms. The fourth-order valence-corrected chi connectivity index (χ4v) is 4.84. The summed E-state index contributed by atoms with van der Waals surface area (Å²) in [5, 5.41) is 3.88. The molecular formula is C17H19ClN2O5S. The topological polar surface area (TPSA) is 89.7 Å². The Kier molecular flexibility index (Phi) is 5.36. The third-order valence-corrected chi connectivity index (χ3v) is 6.76. The number of hydrogen-bond acceptors (Lipinski definition) is 6. The predicted molar refractivity (Wildman–Crippen MR) is 94.5 cm³/mol. The number of benzene rings is 1. The number of aromatic nitrogens is 1. The fraction of sp³-hybridized carbons (Fsp3) is 0.412. The van der Waals surface area contributed by atoms with Crippen molar-refractivity contribution in [3.05, 3.63) is 45.8 Å². The molecule has 1 aliphatic rings. The van der Waals surface area contributed by atoms with Gasteiger partial charge in [-0.05, 0) is 44.9 Å². The zero-order valence-corrected chi connectivity index (χ0v) is 16.1. The highest BCUT2D eigenvalue weighted by Gasteiger charge is 2.30. The second kappa shape index (κ2) is 7.38. The summed E-state index contributed by atoms with van der Waals surface area (Å²) < 4.78 is 37.2. The van der Waals surface area contributed by atoms with Crippen LogP contribution in [0.5, 0.6) is 0 Å². The van der Waals surface area contributed by atoms with Crippen molar-refractivity contribution in [3.8, 4) is 0 Å². The van der Waals surface area contributed by atoms with Gasteiger partial charge in [-0.1, -0.05) is 16.8 Å². The molecule has 1 aromatic carbocycles. The first kappa shape index (κ1) is 18.9. The Labute approximate surface area is 156 Å². The van der Waals surface area contributed by atoms with Crippen molar-refractivity contribution >= 4 is 27.6 Å². The molecule has 26 heavy (non-hydrogen) atoms. The first-order valence-corrected chi connectivity index (χ1v) is 10.0. The largest absolute Gasteiger partial charge is 0.457 e. The van der Waals surface area contributed by atoms with E-state index in [0.717, 1.165) is 12.8 Å². The van der Waals surface area contributed by atoms with Crippen LogP contribution in [0.15, 0.2) is 27.6 Å². The van der Waals surface area contributed by atoms with Crippen LogP contribution >= 0.6 is 11.6 Å².